The van der Waals surface area contributed by atoms with Crippen molar-refractivity contribution in [2.24, 2.45) is 0 Å². The minimum Gasteiger partial charge on any atom is -0.436 e. The highest BCUT2D eigenvalue weighted by atomic mass is 16.5. The molecule has 1 aliphatic heterocycles. The van der Waals surface area contributed by atoms with E-state index in [4.69, 9.17) is 14.3 Å². The number of rotatable bonds is 5. The SMILES string of the molecule is Cc1nc(C)c(C(=O)N2CCO[C@H](c3cc(C(=O)NCCO)c4ccccc4n3)C2)o1. The Morgan fingerprint density at radius 3 is 2.81 bits per heavy atom. The Bertz CT molecular complexity index is 1130. The second-order valence-electron chi connectivity index (χ2n) is 7.35. The molecule has 4 rings (SSSR count). The highest BCUT2D eigenvalue weighted by Crippen LogP contribution is 2.27. The number of ether oxygens (including phenoxy) is 1. The number of aliphatic hydroxyl groups excluding tert-OH is 1. The Morgan fingerprint density at radius 2 is 2.06 bits per heavy atom. The van der Waals surface area contributed by atoms with Crippen LogP contribution in [0.4, 0.5) is 0 Å². The summed E-state index contributed by atoms with van der Waals surface area (Å²) in [4.78, 5) is 36.1. The number of fused-ring (bicyclic) bond motifs is 1. The fourth-order valence-corrected chi connectivity index (χ4v) is 3.70. The lowest BCUT2D eigenvalue weighted by molar-refractivity contribution is -0.0256. The lowest BCUT2D eigenvalue weighted by Gasteiger charge is -2.32. The van der Waals surface area contributed by atoms with Gasteiger partial charge in [-0.25, -0.2) is 9.97 Å². The van der Waals surface area contributed by atoms with Gasteiger partial charge in [-0.3, -0.25) is 9.59 Å². The average molecular weight is 424 g/mol. The largest absolute Gasteiger partial charge is 0.436 e. The summed E-state index contributed by atoms with van der Waals surface area (Å²) in [5, 5.41) is 12.4. The number of carbonyl (C=O) groups is 2. The van der Waals surface area contributed by atoms with E-state index in [2.05, 4.69) is 15.3 Å². The normalized spacial score (nSPS) is 16.5. The third kappa shape index (κ3) is 4.28. The van der Waals surface area contributed by atoms with Gasteiger partial charge >= 0.3 is 0 Å². The van der Waals surface area contributed by atoms with Crippen molar-refractivity contribution in [3.05, 3.63) is 58.9 Å². The molecule has 2 N–H and O–H groups in total. The monoisotopic (exact) mass is 424 g/mol. The molecule has 0 spiro atoms. The average Bonchev–Trinajstić information content (AvgIpc) is 3.14. The zero-order chi connectivity index (χ0) is 22.0. The summed E-state index contributed by atoms with van der Waals surface area (Å²) in [6.07, 6.45) is -0.490. The molecule has 1 atom stereocenters. The number of carbonyl (C=O) groups excluding carboxylic acids is 2. The minimum absolute atomic E-state index is 0.148. The summed E-state index contributed by atoms with van der Waals surface area (Å²) in [5.74, 6) is 0.132. The number of benzene rings is 1. The molecule has 1 fully saturated rings. The first-order valence-corrected chi connectivity index (χ1v) is 10.1. The molecule has 0 radical (unpaired) electrons. The highest BCUT2D eigenvalue weighted by Gasteiger charge is 2.30. The van der Waals surface area contributed by atoms with Crippen LogP contribution in [0.25, 0.3) is 10.9 Å². The number of morpholine rings is 1. The van der Waals surface area contributed by atoms with Crippen molar-refractivity contribution in [2.45, 2.75) is 20.0 Å². The number of aliphatic hydroxyl groups is 1. The predicted molar refractivity (Wildman–Crippen MR) is 112 cm³/mol. The van der Waals surface area contributed by atoms with E-state index in [-0.39, 0.29) is 37.3 Å². The number of amides is 2. The molecular weight excluding hydrogens is 400 g/mol. The molecule has 1 saturated heterocycles. The van der Waals surface area contributed by atoms with Crippen LogP contribution in [0.1, 0.15) is 44.3 Å². The van der Waals surface area contributed by atoms with Crippen molar-refractivity contribution in [1.82, 2.24) is 20.2 Å². The fraction of sp³-hybridized carbons (Fsp3) is 0.364. The van der Waals surface area contributed by atoms with Crippen LogP contribution >= 0.6 is 0 Å². The van der Waals surface area contributed by atoms with Gasteiger partial charge < -0.3 is 24.5 Å². The molecule has 0 unspecified atom stereocenters. The molecule has 162 valence electrons. The third-order valence-corrected chi connectivity index (χ3v) is 5.16. The van der Waals surface area contributed by atoms with Gasteiger partial charge in [-0.15, -0.1) is 0 Å². The van der Waals surface area contributed by atoms with Gasteiger partial charge in [0.15, 0.2) is 5.89 Å². The summed E-state index contributed by atoms with van der Waals surface area (Å²) < 4.78 is 11.4. The van der Waals surface area contributed by atoms with Crippen molar-refractivity contribution in [3.63, 3.8) is 0 Å². The van der Waals surface area contributed by atoms with Crippen LogP contribution in [-0.4, -0.2) is 64.6 Å². The van der Waals surface area contributed by atoms with Gasteiger partial charge in [0, 0.05) is 25.4 Å². The first-order valence-electron chi connectivity index (χ1n) is 10.1. The fourth-order valence-electron chi connectivity index (χ4n) is 3.70. The Hall–Kier alpha value is -3.30. The maximum absolute atomic E-state index is 12.9. The number of para-hydroxylation sites is 1. The minimum atomic E-state index is -0.490. The second-order valence-corrected chi connectivity index (χ2v) is 7.35. The molecule has 2 aromatic heterocycles. The van der Waals surface area contributed by atoms with Crippen LogP contribution in [0.3, 0.4) is 0 Å². The number of nitrogens with one attached hydrogen (secondary N) is 1. The zero-order valence-corrected chi connectivity index (χ0v) is 17.4. The molecule has 1 aliphatic rings. The lowest BCUT2D eigenvalue weighted by atomic mass is 10.0. The summed E-state index contributed by atoms with van der Waals surface area (Å²) in [6, 6.07) is 9.03. The van der Waals surface area contributed by atoms with E-state index >= 15 is 0 Å². The number of hydrogen-bond donors (Lipinski definition) is 2. The van der Waals surface area contributed by atoms with E-state index in [1.807, 2.05) is 24.3 Å². The molecule has 9 heteroatoms. The van der Waals surface area contributed by atoms with Crippen molar-refractivity contribution in [1.29, 1.82) is 0 Å². The van der Waals surface area contributed by atoms with Crippen LogP contribution < -0.4 is 5.32 Å². The van der Waals surface area contributed by atoms with Crippen LogP contribution in [-0.2, 0) is 4.74 Å². The summed E-state index contributed by atoms with van der Waals surface area (Å²) in [6.45, 7) is 4.49. The number of aromatic nitrogens is 2. The molecule has 31 heavy (non-hydrogen) atoms. The Kier molecular flexibility index (Phi) is 5.97. The van der Waals surface area contributed by atoms with E-state index in [0.717, 1.165) is 0 Å². The van der Waals surface area contributed by atoms with Crippen molar-refractivity contribution in [2.75, 3.05) is 32.8 Å². The van der Waals surface area contributed by atoms with Gasteiger partial charge in [0.1, 0.15) is 6.10 Å². The quantitative estimate of drug-likeness (QED) is 0.641. The van der Waals surface area contributed by atoms with E-state index in [1.54, 1.807) is 24.8 Å². The van der Waals surface area contributed by atoms with Gasteiger partial charge in [-0.05, 0) is 19.1 Å². The van der Waals surface area contributed by atoms with Crippen LogP contribution in [0, 0.1) is 13.8 Å². The molecule has 2 amide bonds. The van der Waals surface area contributed by atoms with Gasteiger partial charge in [-0.1, -0.05) is 18.2 Å². The third-order valence-electron chi connectivity index (χ3n) is 5.16. The summed E-state index contributed by atoms with van der Waals surface area (Å²) in [5.41, 5.74) is 2.22. The molecule has 0 saturated carbocycles. The topological polar surface area (TPSA) is 118 Å². The molecule has 3 heterocycles. The van der Waals surface area contributed by atoms with Gasteiger partial charge in [0.2, 0.25) is 5.76 Å². The Labute approximate surface area is 179 Å². The lowest BCUT2D eigenvalue weighted by Crippen LogP contribution is -2.42. The number of aryl methyl sites for hydroxylation is 2. The Morgan fingerprint density at radius 1 is 1.26 bits per heavy atom. The van der Waals surface area contributed by atoms with Crippen molar-refractivity contribution in [3.8, 4) is 0 Å². The number of hydrogen-bond acceptors (Lipinski definition) is 7. The van der Waals surface area contributed by atoms with Gasteiger partial charge in [0.25, 0.3) is 11.8 Å². The predicted octanol–water partition coefficient (Wildman–Crippen LogP) is 1.78. The standard InChI is InChI=1S/C22H24N4O5/c1-13-20(31-14(2)24-13)22(29)26-8-10-30-19(12-26)18-11-16(21(28)23-7-9-27)15-5-3-4-6-17(15)25-18/h3-6,11,19,27H,7-10,12H2,1-2H3,(H,23,28)/t19-/m0/s1. The van der Waals surface area contributed by atoms with E-state index in [9.17, 15) is 9.59 Å². The number of nitrogens with zero attached hydrogens (tertiary/aromatic N) is 3. The van der Waals surface area contributed by atoms with Gasteiger partial charge in [0.05, 0.1) is 42.2 Å². The molecule has 9 nitrogen and oxygen atoms in total. The molecule has 1 aromatic carbocycles. The maximum atomic E-state index is 12.9. The first-order chi connectivity index (χ1) is 15.0. The van der Waals surface area contributed by atoms with Crippen LogP contribution in [0.2, 0.25) is 0 Å². The number of oxazole rings is 1. The Balaban J connectivity index is 1.64. The van der Waals surface area contributed by atoms with E-state index in [0.29, 0.717) is 46.9 Å². The van der Waals surface area contributed by atoms with E-state index < -0.39 is 6.10 Å². The summed E-state index contributed by atoms with van der Waals surface area (Å²) in [7, 11) is 0. The van der Waals surface area contributed by atoms with Crippen molar-refractivity contribution < 1.29 is 23.8 Å². The van der Waals surface area contributed by atoms with Gasteiger partial charge in [-0.2, -0.15) is 0 Å². The smallest absolute Gasteiger partial charge is 0.291 e. The number of pyridine rings is 1. The first kappa shape index (κ1) is 21.0. The molecule has 0 aliphatic carbocycles. The van der Waals surface area contributed by atoms with Crippen LogP contribution in [0.5, 0.6) is 0 Å². The maximum Gasteiger partial charge on any atom is 0.291 e. The van der Waals surface area contributed by atoms with Crippen molar-refractivity contribution >= 4 is 22.7 Å². The molecule has 0 bridgehead atoms. The molecule has 3 aromatic rings. The van der Waals surface area contributed by atoms with E-state index in [1.165, 1.54) is 0 Å². The second kappa shape index (κ2) is 8.83. The molecular formula is C22H24N4O5. The summed E-state index contributed by atoms with van der Waals surface area (Å²) >= 11 is 0. The zero-order valence-electron chi connectivity index (χ0n) is 17.4. The van der Waals surface area contributed by atoms with Crippen LogP contribution in [0.15, 0.2) is 34.7 Å². The highest BCUT2D eigenvalue weighted by molar-refractivity contribution is 6.06.